The van der Waals surface area contributed by atoms with Crippen molar-refractivity contribution in [2.45, 2.75) is 24.5 Å². The van der Waals surface area contributed by atoms with Gasteiger partial charge < -0.3 is 21.1 Å². The van der Waals surface area contributed by atoms with E-state index in [-0.39, 0.29) is 16.4 Å². The van der Waals surface area contributed by atoms with E-state index in [1.54, 1.807) is 34.9 Å². The van der Waals surface area contributed by atoms with Crippen LogP contribution in [0.2, 0.25) is 0 Å². The van der Waals surface area contributed by atoms with Crippen molar-refractivity contribution in [3.63, 3.8) is 0 Å². The first kappa shape index (κ1) is 18.2. The van der Waals surface area contributed by atoms with Gasteiger partial charge >= 0.3 is 6.03 Å². The molecule has 27 heavy (non-hydrogen) atoms. The molecular formula is C18H20N4O3S2. The third kappa shape index (κ3) is 3.66. The number of amides is 3. The molecule has 1 aromatic carbocycles. The maximum absolute atomic E-state index is 12.5. The molecule has 4 N–H and O–H groups in total. The van der Waals surface area contributed by atoms with E-state index >= 15 is 0 Å². The number of rotatable bonds is 3. The highest BCUT2D eigenvalue weighted by Gasteiger charge is 2.50. The van der Waals surface area contributed by atoms with Crippen molar-refractivity contribution < 1.29 is 14.7 Å². The Bertz CT molecular complexity index is 881. The summed E-state index contributed by atoms with van der Waals surface area (Å²) >= 11 is 2.99. The number of primary amides is 1. The number of nitrogens with two attached hydrogens (primary N) is 1. The predicted octanol–water partition coefficient (Wildman–Crippen LogP) is 2.67. The zero-order valence-electron chi connectivity index (χ0n) is 14.8. The van der Waals surface area contributed by atoms with E-state index in [0.717, 1.165) is 18.4 Å². The molecule has 1 saturated carbocycles. The lowest BCUT2D eigenvalue weighted by Gasteiger charge is -2.24. The summed E-state index contributed by atoms with van der Waals surface area (Å²) in [7, 11) is 0. The van der Waals surface area contributed by atoms with Gasteiger partial charge in [0.2, 0.25) is 0 Å². The Morgan fingerprint density at radius 1 is 1.48 bits per heavy atom. The number of aromatic hydroxyl groups is 1. The second kappa shape index (κ2) is 6.79. The summed E-state index contributed by atoms with van der Waals surface area (Å²) in [5.74, 6) is 1.03. The number of thioether (sulfide) groups is 2. The lowest BCUT2D eigenvalue weighted by molar-refractivity contribution is -0.115. The summed E-state index contributed by atoms with van der Waals surface area (Å²) in [5.41, 5.74) is 6.96. The van der Waals surface area contributed by atoms with Gasteiger partial charge in [-0.25, -0.2) is 9.79 Å². The van der Waals surface area contributed by atoms with Gasteiger partial charge in [0.05, 0.1) is 21.2 Å². The summed E-state index contributed by atoms with van der Waals surface area (Å²) in [6, 6.07) is 4.50. The van der Waals surface area contributed by atoms with E-state index in [0.29, 0.717) is 34.1 Å². The number of benzene rings is 1. The van der Waals surface area contributed by atoms with Crippen molar-refractivity contribution >= 4 is 46.3 Å². The second-order valence-electron chi connectivity index (χ2n) is 6.99. The SMILES string of the molecule is Cc1cc(O)ccc1N=C1NC(=O)C(=CC2(C3CC3)CN(C(N)=O)CS2)S1. The van der Waals surface area contributed by atoms with Crippen LogP contribution in [0.25, 0.3) is 0 Å². The fraction of sp³-hybridized carbons (Fsp3) is 0.389. The van der Waals surface area contributed by atoms with Gasteiger partial charge in [-0.2, -0.15) is 0 Å². The smallest absolute Gasteiger partial charge is 0.315 e. The lowest BCUT2D eigenvalue weighted by atomic mass is 10.0. The van der Waals surface area contributed by atoms with Crippen molar-refractivity contribution in [1.82, 2.24) is 10.2 Å². The van der Waals surface area contributed by atoms with Crippen LogP contribution in [-0.2, 0) is 4.79 Å². The van der Waals surface area contributed by atoms with Crippen LogP contribution in [0.3, 0.4) is 0 Å². The zero-order valence-corrected chi connectivity index (χ0v) is 16.4. The molecule has 1 aliphatic carbocycles. The van der Waals surface area contributed by atoms with Crippen LogP contribution in [0.1, 0.15) is 18.4 Å². The summed E-state index contributed by atoms with van der Waals surface area (Å²) < 4.78 is -0.251. The van der Waals surface area contributed by atoms with Crippen LogP contribution in [0, 0.1) is 12.8 Å². The van der Waals surface area contributed by atoms with Gasteiger partial charge in [0.25, 0.3) is 5.91 Å². The molecule has 2 saturated heterocycles. The Balaban J connectivity index is 1.58. The van der Waals surface area contributed by atoms with Crippen molar-refractivity contribution in [3.05, 3.63) is 34.7 Å². The third-order valence-corrected chi connectivity index (χ3v) is 7.40. The van der Waals surface area contributed by atoms with Crippen LogP contribution in [0.5, 0.6) is 5.75 Å². The number of amidine groups is 1. The molecule has 9 heteroatoms. The third-order valence-electron chi connectivity index (χ3n) is 4.94. The number of nitrogens with one attached hydrogen (secondary N) is 1. The average molecular weight is 405 g/mol. The number of nitrogens with zero attached hydrogens (tertiary/aromatic N) is 2. The number of aryl methyl sites for hydroxylation is 1. The summed E-state index contributed by atoms with van der Waals surface area (Å²) in [6.07, 6.45) is 4.21. The molecule has 1 aromatic rings. The van der Waals surface area contributed by atoms with Gasteiger partial charge in [0.1, 0.15) is 5.75 Å². The average Bonchev–Trinajstić information content (AvgIpc) is 3.29. The van der Waals surface area contributed by atoms with Gasteiger partial charge in [-0.3, -0.25) is 4.79 Å². The Morgan fingerprint density at radius 3 is 2.89 bits per heavy atom. The molecule has 0 bridgehead atoms. The van der Waals surface area contributed by atoms with E-state index in [9.17, 15) is 14.7 Å². The number of carbonyl (C=O) groups is 2. The van der Waals surface area contributed by atoms with Gasteiger partial charge in [-0.1, -0.05) is 0 Å². The van der Waals surface area contributed by atoms with Gasteiger partial charge in [0, 0.05) is 6.54 Å². The molecule has 3 aliphatic rings. The number of phenols is 1. The highest BCUT2D eigenvalue weighted by molar-refractivity contribution is 8.18. The number of hydrogen-bond acceptors (Lipinski definition) is 6. The Hall–Kier alpha value is -2.13. The van der Waals surface area contributed by atoms with Gasteiger partial charge in [-0.15, -0.1) is 11.8 Å². The molecule has 1 atom stereocenters. The van der Waals surface area contributed by atoms with Crippen molar-refractivity contribution in [1.29, 1.82) is 0 Å². The maximum Gasteiger partial charge on any atom is 0.315 e. The molecule has 2 heterocycles. The highest BCUT2D eigenvalue weighted by Crippen LogP contribution is 2.53. The molecule has 142 valence electrons. The molecule has 3 amide bonds. The standard InChI is InChI=1S/C18H20N4O3S2/c1-10-6-12(23)4-5-13(10)20-17-21-15(24)14(27-17)7-18(11-2-3-11)8-22(9-26-18)16(19)25/h4-7,11,23H,2-3,8-9H2,1H3,(H2,19,25)(H,20,21,24). The molecule has 1 unspecified atom stereocenters. The van der Waals surface area contributed by atoms with E-state index < -0.39 is 6.03 Å². The van der Waals surface area contributed by atoms with Gasteiger partial charge in [0.15, 0.2) is 5.17 Å². The minimum Gasteiger partial charge on any atom is -0.508 e. The first-order chi connectivity index (χ1) is 12.9. The quantitative estimate of drug-likeness (QED) is 0.671. The second-order valence-corrected chi connectivity index (χ2v) is 9.33. The van der Waals surface area contributed by atoms with Crippen LogP contribution in [-0.4, -0.2) is 44.3 Å². The van der Waals surface area contributed by atoms with Crippen LogP contribution >= 0.6 is 23.5 Å². The van der Waals surface area contributed by atoms with Crippen LogP contribution < -0.4 is 11.1 Å². The minimum atomic E-state index is -0.419. The number of phenolic OH excluding ortho intramolecular Hbond substituents is 1. The highest BCUT2D eigenvalue weighted by atomic mass is 32.2. The summed E-state index contributed by atoms with van der Waals surface area (Å²) in [5, 5.41) is 12.8. The molecule has 2 aliphatic heterocycles. The Kier molecular flexibility index (Phi) is 4.59. The van der Waals surface area contributed by atoms with E-state index in [1.807, 2.05) is 13.0 Å². The van der Waals surface area contributed by atoms with Crippen molar-refractivity contribution in [2.75, 3.05) is 12.4 Å². The molecular weight excluding hydrogens is 384 g/mol. The molecule has 0 spiro atoms. The Labute approximate surface area is 165 Å². The van der Waals surface area contributed by atoms with Crippen LogP contribution in [0.15, 0.2) is 34.2 Å². The first-order valence-corrected chi connectivity index (χ1v) is 10.5. The molecule has 0 radical (unpaired) electrons. The largest absolute Gasteiger partial charge is 0.508 e. The molecule has 7 nitrogen and oxygen atoms in total. The number of carbonyl (C=O) groups excluding carboxylic acids is 2. The van der Waals surface area contributed by atoms with Crippen molar-refractivity contribution in [3.8, 4) is 5.75 Å². The van der Waals surface area contributed by atoms with E-state index in [4.69, 9.17) is 5.73 Å². The monoisotopic (exact) mass is 404 g/mol. The summed E-state index contributed by atoms with van der Waals surface area (Å²) in [4.78, 5) is 30.7. The lowest BCUT2D eigenvalue weighted by Crippen LogP contribution is -2.39. The maximum atomic E-state index is 12.5. The number of urea groups is 1. The predicted molar refractivity (Wildman–Crippen MR) is 108 cm³/mol. The minimum absolute atomic E-state index is 0.173. The first-order valence-electron chi connectivity index (χ1n) is 8.65. The molecule has 3 fully saturated rings. The molecule has 0 aromatic heterocycles. The van der Waals surface area contributed by atoms with E-state index in [2.05, 4.69) is 10.3 Å². The zero-order chi connectivity index (χ0) is 19.2. The summed E-state index contributed by atoms with van der Waals surface area (Å²) in [6.45, 7) is 2.39. The normalized spacial score (nSPS) is 28.2. The Morgan fingerprint density at radius 2 is 2.26 bits per heavy atom. The fourth-order valence-electron chi connectivity index (χ4n) is 3.33. The molecule has 4 rings (SSSR count). The number of hydrogen-bond donors (Lipinski definition) is 3. The van der Waals surface area contributed by atoms with E-state index in [1.165, 1.54) is 11.8 Å². The topological polar surface area (TPSA) is 108 Å². The fourth-order valence-corrected chi connectivity index (χ4v) is 5.85. The van der Waals surface area contributed by atoms with Gasteiger partial charge in [-0.05, 0) is 67.3 Å². The van der Waals surface area contributed by atoms with Crippen molar-refractivity contribution in [2.24, 2.45) is 16.6 Å². The van der Waals surface area contributed by atoms with Crippen LogP contribution in [0.4, 0.5) is 10.5 Å². The number of aliphatic imine (C=N–C) groups is 1.